The minimum absolute atomic E-state index is 0.144. The Morgan fingerprint density at radius 1 is 1.10 bits per heavy atom. The van der Waals surface area contributed by atoms with Crippen molar-refractivity contribution in [3.05, 3.63) is 86.6 Å². The van der Waals surface area contributed by atoms with Crippen LogP contribution in [0.2, 0.25) is 5.02 Å². The van der Waals surface area contributed by atoms with E-state index in [4.69, 9.17) is 26.1 Å². The quantitative estimate of drug-likeness (QED) is 0.467. The average molecular weight is 504 g/mol. The molecule has 0 aliphatic carbocycles. The zero-order valence-corrected chi connectivity index (χ0v) is 18.5. The summed E-state index contributed by atoms with van der Waals surface area (Å²) in [6.07, 6.45) is -0.252. The number of nitrogens with zero attached hydrogens (tertiary/aromatic N) is 1. The molecule has 8 heteroatoms. The summed E-state index contributed by atoms with van der Waals surface area (Å²) in [5, 5.41) is 14.1. The highest BCUT2D eigenvalue weighted by Gasteiger charge is 2.31. The van der Waals surface area contributed by atoms with E-state index in [1.807, 2.05) is 24.3 Å². The molecule has 0 saturated carbocycles. The molecule has 5 nitrogen and oxygen atoms in total. The number of halogens is 3. The van der Waals surface area contributed by atoms with Gasteiger partial charge in [-0.05, 0) is 54.1 Å². The maximum absolute atomic E-state index is 14.7. The molecule has 3 aromatic rings. The molecule has 0 spiro atoms. The highest BCUT2D eigenvalue weighted by Crippen LogP contribution is 2.39. The molecule has 2 atom stereocenters. The third kappa shape index (κ3) is 3.89. The molecular weight excluding hydrogens is 487 g/mol. The van der Waals surface area contributed by atoms with Crippen molar-refractivity contribution in [1.29, 1.82) is 0 Å². The number of rotatable bonds is 3. The highest BCUT2D eigenvalue weighted by molar-refractivity contribution is 9.10. The largest absolute Gasteiger partial charge is 0.508 e. The molecule has 2 N–H and O–H groups in total. The number of hydrogen-bond donors (Lipinski definition) is 2. The third-order valence-corrected chi connectivity index (χ3v) is 6.21. The smallest absolute Gasteiger partial charge is 0.231 e. The van der Waals surface area contributed by atoms with Gasteiger partial charge in [-0.3, -0.25) is 10.3 Å². The SMILES string of the molecule is Oc1ccc(Br)cc1[C@@H]1CC(c2ccc3c(c2)OCO3)=N[C@H](c2c(F)cccc2Cl)N1. The second-order valence-electron chi connectivity index (χ2n) is 7.31. The first kappa shape index (κ1) is 20.3. The summed E-state index contributed by atoms with van der Waals surface area (Å²) in [4.78, 5) is 4.79. The first-order valence-corrected chi connectivity index (χ1v) is 10.8. The van der Waals surface area contributed by atoms with Crippen LogP contribution < -0.4 is 14.8 Å². The fourth-order valence-corrected chi connectivity index (χ4v) is 4.53. The van der Waals surface area contributed by atoms with E-state index < -0.39 is 12.0 Å². The predicted octanol–water partition coefficient (Wildman–Crippen LogP) is 5.90. The van der Waals surface area contributed by atoms with Gasteiger partial charge in [0.15, 0.2) is 11.5 Å². The number of phenols is 1. The van der Waals surface area contributed by atoms with E-state index >= 15 is 0 Å². The molecule has 0 fully saturated rings. The number of fused-ring (bicyclic) bond motifs is 1. The monoisotopic (exact) mass is 502 g/mol. The van der Waals surface area contributed by atoms with Crippen LogP contribution in [0.3, 0.4) is 0 Å². The Hall–Kier alpha value is -2.61. The Kier molecular flexibility index (Phi) is 5.33. The van der Waals surface area contributed by atoms with Gasteiger partial charge in [-0.2, -0.15) is 0 Å². The van der Waals surface area contributed by atoms with Crippen LogP contribution in [-0.4, -0.2) is 17.6 Å². The molecule has 0 unspecified atom stereocenters. The van der Waals surface area contributed by atoms with E-state index in [0.717, 1.165) is 15.7 Å². The second kappa shape index (κ2) is 8.15. The van der Waals surface area contributed by atoms with Crippen molar-refractivity contribution < 1.29 is 19.0 Å². The molecule has 2 heterocycles. The van der Waals surface area contributed by atoms with Crippen molar-refractivity contribution >= 4 is 33.2 Å². The number of aromatic hydroxyl groups is 1. The summed E-state index contributed by atoms with van der Waals surface area (Å²) < 4.78 is 26.5. The summed E-state index contributed by atoms with van der Waals surface area (Å²) in [7, 11) is 0. The van der Waals surface area contributed by atoms with Crippen molar-refractivity contribution in [2.75, 3.05) is 6.79 Å². The minimum Gasteiger partial charge on any atom is -0.508 e. The summed E-state index contributed by atoms with van der Waals surface area (Å²) >= 11 is 9.80. The fourth-order valence-electron chi connectivity index (χ4n) is 3.88. The van der Waals surface area contributed by atoms with Crippen molar-refractivity contribution in [2.24, 2.45) is 4.99 Å². The molecule has 0 amide bonds. The number of nitrogens with one attached hydrogen (secondary N) is 1. The number of phenolic OH excluding ortho intramolecular Hbond substituents is 1. The number of hydrogen-bond acceptors (Lipinski definition) is 5. The molecule has 3 aromatic carbocycles. The lowest BCUT2D eigenvalue weighted by atomic mass is 9.93. The number of ether oxygens (including phenoxy) is 2. The van der Waals surface area contributed by atoms with E-state index in [2.05, 4.69) is 21.2 Å². The zero-order chi connectivity index (χ0) is 21.5. The molecule has 5 rings (SSSR count). The van der Waals surface area contributed by atoms with Gasteiger partial charge in [-0.1, -0.05) is 33.6 Å². The fraction of sp³-hybridized carbons (Fsp3) is 0.174. The van der Waals surface area contributed by atoms with Crippen LogP contribution >= 0.6 is 27.5 Å². The molecule has 2 aliphatic rings. The first-order valence-electron chi connectivity index (χ1n) is 9.64. The van der Waals surface area contributed by atoms with E-state index in [9.17, 15) is 9.50 Å². The summed E-state index contributed by atoms with van der Waals surface area (Å²) in [5.74, 6) is 1.01. The topological polar surface area (TPSA) is 63.1 Å². The standard InChI is InChI=1S/C23H17BrClFN2O3/c24-13-5-6-19(29)14(9-13)18-10-17(12-4-7-20-21(8-12)31-11-30-20)27-23(28-18)22-15(25)2-1-3-16(22)26/h1-9,18,23,28-29H,10-11H2/t18-,23-/m0/s1. The van der Waals surface area contributed by atoms with E-state index in [-0.39, 0.29) is 29.2 Å². The van der Waals surface area contributed by atoms with Gasteiger partial charge in [-0.15, -0.1) is 0 Å². The van der Waals surface area contributed by atoms with Gasteiger partial charge in [0.2, 0.25) is 6.79 Å². The van der Waals surface area contributed by atoms with Gasteiger partial charge in [-0.25, -0.2) is 4.39 Å². The molecule has 0 aromatic heterocycles. The second-order valence-corrected chi connectivity index (χ2v) is 8.63. The highest BCUT2D eigenvalue weighted by atomic mass is 79.9. The summed E-state index contributed by atoms with van der Waals surface area (Å²) in [5.41, 5.74) is 2.52. The van der Waals surface area contributed by atoms with Crippen LogP contribution in [0.1, 0.15) is 35.3 Å². The van der Waals surface area contributed by atoms with Crippen molar-refractivity contribution in [2.45, 2.75) is 18.6 Å². The molecule has 31 heavy (non-hydrogen) atoms. The Bertz CT molecular complexity index is 1180. The van der Waals surface area contributed by atoms with E-state index in [0.29, 0.717) is 23.5 Å². The normalized spacial score (nSPS) is 19.9. The van der Waals surface area contributed by atoms with E-state index in [1.54, 1.807) is 24.3 Å². The molecule has 2 aliphatic heterocycles. The lowest BCUT2D eigenvalue weighted by Crippen LogP contribution is -2.33. The van der Waals surface area contributed by atoms with Gasteiger partial charge in [0, 0.05) is 33.8 Å². The number of aliphatic imine (C=N–C) groups is 1. The third-order valence-electron chi connectivity index (χ3n) is 5.39. The van der Waals surface area contributed by atoms with Crippen LogP contribution in [0.25, 0.3) is 0 Å². The van der Waals surface area contributed by atoms with Gasteiger partial charge >= 0.3 is 0 Å². The van der Waals surface area contributed by atoms with Crippen molar-refractivity contribution in [3.63, 3.8) is 0 Å². The maximum Gasteiger partial charge on any atom is 0.231 e. The first-order chi connectivity index (χ1) is 15.0. The lowest BCUT2D eigenvalue weighted by molar-refractivity contribution is 0.174. The van der Waals surface area contributed by atoms with Gasteiger partial charge in [0.1, 0.15) is 17.7 Å². The Balaban J connectivity index is 1.61. The van der Waals surface area contributed by atoms with Crippen LogP contribution in [0.5, 0.6) is 17.2 Å². The summed E-state index contributed by atoms with van der Waals surface area (Å²) in [6.45, 7) is 0.175. The number of benzene rings is 3. The minimum atomic E-state index is -0.730. The average Bonchev–Trinajstić information content (AvgIpc) is 3.23. The van der Waals surface area contributed by atoms with E-state index in [1.165, 1.54) is 6.07 Å². The molecule has 158 valence electrons. The molecular formula is C23H17BrClFN2O3. The van der Waals surface area contributed by atoms with Crippen LogP contribution in [0.15, 0.2) is 64.1 Å². The molecule has 0 radical (unpaired) electrons. The maximum atomic E-state index is 14.7. The van der Waals surface area contributed by atoms with Crippen LogP contribution in [0.4, 0.5) is 4.39 Å². The van der Waals surface area contributed by atoms with Crippen LogP contribution in [-0.2, 0) is 0 Å². The Labute approximate surface area is 191 Å². The summed E-state index contributed by atoms with van der Waals surface area (Å²) in [6, 6.07) is 15.1. The van der Waals surface area contributed by atoms with Crippen molar-refractivity contribution in [3.8, 4) is 17.2 Å². The van der Waals surface area contributed by atoms with Gasteiger partial charge < -0.3 is 14.6 Å². The lowest BCUT2D eigenvalue weighted by Gasteiger charge is -2.31. The Morgan fingerprint density at radius 2 is 1.94 bits per heavy atom. The van der Waals surface area contributed by atoms with Gasteiger partial charge in [0.05, 0.1) is 5.02 Å². The predicted molar refractivity (Wildman–Crippen MR) is 120 cm³/mol. The molecule has 0 bridgehead atoms. The molecule has 0 saturated heterocycles. The van der Waals surface area contributed by atoms with Crippen molar-refractivity contribution in [1.82, 2.24) is 5.32 Å². The van der Waals surface area contributed by atoms with Crippen LogP contribution in [0, 0.1) is 5.82 Å². The zero-order valence-electron chi connectivity index (χ0n) is 16.1. The van der Waals surface area contributed by atoms with Gasteiger partial charge in [0.25, 0.3) is 0 Å². The Morgan fingerprint density at radius 3 is 2.77 bits per heavy atom.